The molecule has 0 aliphatic heterocycles. The highest BCUT2D eigenvalue weighted by Gasteiger charge is 2.06. The summed E-state index contributed by atoms with van der Waals surface area (Å²) in [5, 5.41) is 3.51. The molecule has 0 bridgehead atoms. The Morgan fingerprint density at radius 1 is 1.31 bits per heavy atom. The van der Waals surface area contributed by atoms with Crippen molar-refractivity contribution >= 4 is 23.4 Å². The standard InChI is InChI=1S/C13H20ClNS/c1-16-9-5-8-15-13(11-14)10-12-6-3-2-4-7-12/h2-4,6-7,13,15H,5,8-11H2,1H3. The van der Waals surface area contributed by atoms with Crippen LogP contribution in [0, 0.1) is 0 Å². The quantitative estimate of drug-likeness (QED) is 0.567. The zero-order chi connectivity index (χ0) is 11.6. The normalized spacial score (nSPS) is 12.6. The first-order chi connectivity index (χ1) is 7.86. The molecule has 1 rings (SSSR count). The molecular weight excluding hydrogens is 238 g/mol. The first-order valence-electron chi connectivity index (χ1n) is 5.69. The third-order valence-corrected chi connectivity index (χ3v) is 3.54. The Morgan fingerprint density at radius 2 is 2.06 bits per heavy atom. The number of benzene rings is 1. The highest BCUT2D eigenvalue weighted by Crippen LogP contribution is 2.04. The number of halogens is 1. The number of hydrogen-bond donors (Lipinski definition) is 1. The van der Waals surface area contributed by atoms with Crippen LogP contribution < -0.4 is 5.32 Å². The molecule has 1 aromatic carbocycles. The molecule has 90 valence electrons. The van der Waals surface area contributed by atoms with Gasteiger partial charge in [-0.2, -0.15) is 11.8 Å². The van der Waals surface area contributed by atoms with E-state index in [-0.39, 0.29) is 0 Å². The Labute approximate surface area is 108 Å². The summed E-state index contributed by atoms with van der Waals surface area (Å²) in [7, 11) is 0. The van der Waals surface area contributed by atoms with Crippen molar-refractivity contribution in [3.63, 3.8) is 0 Å². The maximum Gasteiger partial charge on any atom is 0.0380 e. The molecule has 0 spiro atoms. The van der Waals surface area contributed by atoms with E-state index in [1.807, 2.05) is 17.8 Å². The van der Waals surface area contributed by atoms with Crippen molar-refractivity contribution in [1.29, 1.82) is 0 Å². The van der Waals surface area contributed by atoms with Crippen molar-refractivity contribution < 1.29 is 0 Å². The summed E-state index contributed by atoms with van der Waals surface area (Å²) in [5.41, 5.74) is 1.35. The fraction of sp³-hybridized carbons (Fsp3) is 0.538. The number of alkyl halides is 1. The Hall–Kier alpha value is -0.180. The van der Waals surface area contributed by atoms with Gasteiger partial charge >= 0.3 is 0 Å². The molecule has 16 heavy (non-hydrogen) atoms. The molecule has 0 radical (unpaired) electrons. The zero-order valence-electron chi connectivity index (χ0n) is 9.79. The second-order valence-electron chi connectivity index (χ2n) is 3.84. The van der Waals surface area contributed by atoms with Crippen LogP contribution in [-0.2, 0) is 6.42 Å². The largest absolute Gasteiger partial charge is 0.312 e. The Bertz CT molecular complexity index is 266. The lowest BCUT2D eigenvalue weighted by molar-refractivity contribution is 0.549. The number of thioether (sulfide) groups is 1. The minimum Gasteiger partial charge on any atom is -0.312 e. The van der Waals surface area contributed by atoms with Gasteiger partial charge in [0.25, 0.3) is 0 Å². The molecule has 1 atom stereocenters. The van der Waals surface area contributed by atoms with Crippen LogP contribution in [0.4, 0.5) is 0 Å². The number of nitrogens with one attached hydrogen (secondary N) is 1. The molecule has 3 heteroatoms. The third-order valence-electron chi connectivity index (χ3n) is 2.47. The third kappa shape index (κ3) is 5.78. The van der Waals surface area contributed by atoms with Crippen LogP contribution in [0.15, 0.2) is 30.3 Å². The van der Waals surface area contributed by atoms with Gasteiger partial charge < -0.3 is 5.32 Å². The molecule has 0 saturated heterocycles. The Morgan fingerprint density at radius 3 is 2.69 bits per heavy atom. The van der Waals surface area contributed by atoms with Gasteiger partial charge in [0, 0.05) is 11.9 Å². The SMILES string of the molecule is CSCCCNC(CCl)Cc1ccccc1. The zero-order valence-corrected chi connectivity index (χ0v) is 11.4. The van der Waals surface area contributed by atoms with Crippen LogP contribution in [0.5, 0.6) is 0 Å². The van der Waals surface area contributed by atoms with Gasteiger partial charge in [-0.25, -0.2) is 0 Å². The van der Waals surface area contributed by atoms with E-state index >= 15 is 0 Å². The highest BCUT2D eigenvalue weighted by atomic mass is 35.5. The molecule has 0 aromatic heterocycles. The van der Waals surface area contributed by atoms with E-state index in [0.717, 1.165) is 13.0 Å². The first-order valence-corrected chi connectivity index (χ1v) is 7.62. The summed E-state index contributed by atoms with van der Waals surface area (Å²) in [6.45, 7) is 1.06. The summed E-state index contributed by atoms with van der Waals surface area (Å²) in [6, 6.07) is 10.9. The summed E-state index contributed by atoms with van der Waals surface area (Å²) in [5.74, 6) is 1.89. The Balaban J connectivity index is 2.26. The van der Waals surface area contributed by atoms with Gasteiger partial charge in [-0.15, -0.1) is 11.6 Å². The molecule has 1 N–H and O–H groups in total. The second-order valence-corrected chi connectivity index (χ2v) is 5.14. The van der Waals surface area contributed by atoms with Crippen molar-refractivity contribution in [2.24, 2.45) is 0 Å². The van der Waals surface area contributed by atoms with Crippen molar-refractivity contribution in [1.82, 2.24) is 5.32 Å². The van der Waals surface area contributed by atoms with Crippen molar-refractivity contribution in [2.75, 3.05) is 24.4 Å². The van der Waals surface area contributed by atoms with E-state index < -0.39 is 0 Å². The lowest BCUT2D eigenvalue weighted by Gasteiger charge is -2.15. The first kappa shape index (κ1) is 13.9. The van der Waals surface area contributed by atoms with E-state index in [4.69, 9.17) is 11.6 Å². The summed E-state index contributed by atoms with van der Waals surface area (Å²) < 4.78 is 0. The van der Waals surface area contributed by atoms with E-state index in [2.05, 4.69) is 35.8 Å². The molecule has 1 nitrogen and oxygen atoms in total. The summed E-state index contributed by atoms with van der Waals surface area (Å²) >= 11 is 7.85. The van der Waals surface area contributed by atoms with E-state index in [0.29, 0.717) is 11.9 Å². The van der Waals surface area contributed by atoms with Crippen molar-refractivity contribution in [3.8, 4) is 0 Å². The molecule has 1 aromatic rings. The van der Waals surface area contributed by atoms with Crippen LogP contribution >= 0.6 is 23.4 Å². The lowest BCUT2D eigenvalue weighted by Crippen LogP contribution is -2.33. The van der Waals surface area contributed by atoms with Crippen LogP contribution in [0.25, 0.3) is 0 Å². The maximum atomic E-state index is 5.96. The van der Waals surface area contributed by atoms with E-state index in [1.54, 1.807) is 0 Å². The fourth-order valence-corrected chi connectivity index (χ4v) is 2.25. The average Bonchev–Trinajstić information content (AvgIpc) is 2.34. The maximum absolute atomic E-state index is 5.96. The van der Waals surface area contributed by atoms with Gasteiger partial charge in [-0.1, -0.05) is 30.3 Å². The average molecular weight is 258 g/mol. The molecule has 0 aliphatic rings. The van der Waals surface area contributed by atoms with Crippen LogP contribution in [0.1, 0.15) is 12.0 Å². The molecular formula is C13H20ClNS. The molecule has 0 fully saturated rings. The van der Waals surface area contributed by atoms with Gasteiger partial charge in [0.15, 0.2) is 0 Å². The molecule has 1 unspecified atom stereocenters. The van der Waals surface area contributed by atoms with Gasteiger partial charge in [0.1, 0.15) is 0 Å². The highest BCUT2D eigenvalue weighted by molar-refractivity contribution is 7.98. The summed E-state index contributed by atoms with van der Waals surface area (Å²) in [6.07, 6.45) is 4.37. The topological polar surface area (TPSA) is 12.0 Å². The Kier molecular flexibility index (Phi) is 7.73. The van der Waals surface area contributed by atoms with Crippen LogP contribution in [-0.4, -0.2) is 30.5 Å². The predicted octanol–water partition coefficient (Wildman–Crippen LogP) is 3.18. The monoisotopic (exact) mass is 257 g/mol. The van der Waals surface area contributed by atoms with Gasteiger partial charge in [-0.05, 0) is 37.0 Å². The van der Waals surface area contributed by atoms with E-state index in [9.17, 15) is 0 Å². The fourth-order valence-electron chi connectivity index (χ4n) is 1.60. The van der Waals surface area contributed by atoms with Crippen molar-refractivity contribution in [2.45, 2.75) is 18.9 Å². The van der Waals surface area contributed by atoms with Gasteiger partial charge in [0.05, 0.1) is 0 Å². The molecule has 0 amide bonds. The van der Waals surface area contributed by atoms with Gasteiger partial charge in [-0.3, -0.25) is 0 Å². The molecule has 0 heterocycles. The minimum absolute atomic E-state index is 0.394. The molecule has 0 saturated carbocycles. The number of hydrogen-bond acceptors (Lipinski definition) is 2. The predicted molar refractivity (Wildman–Crippen MR) is 75.7 cm³/mol. The number of rotatable bonds is 8. The van der Waals surface area contributed by atoms with Gasteiger partial charge in [0.2, 0.25) is 0 Å². The molecule has 0 aliphatic carbocycles. The van der Waals surface area contributed by atoms with Crippen LogP contribution in [0.2, 0.25) is 0 Å². The minimum atomic E-state index is 0.394. The van der Waals surface area contributed by atoms with E-state index in [1.165, 1.54) is 17.7 Å². The van der Waals surface area contributed by atoms with Crippen LogP contribution in [0.3, 0.4) is 0 Å². The second kappa shape index (κ2) is 8.91. The van der Waals surface area contributed by atoms with Crippen molar-refractivity contribution in [3.05, 3.63) is 35.9 Å². The lowest BCUT2D eigenvalue weighted by atomic mass is 10.1. The smallest absolute Gasteiger partial charge is 0.0380 e. The summed E-state index contributed by atoms with van der Waals surface area (Å²) in [4.78, 5) is 0.